The van der Waals surface area contributed by atoms with Crippen LogP contribution in [0.25, 0.3) is 16.5 Å². The molecule has 162 valence electrons. The first-order chi connectivity index (χ1) is 15.6. The van der Waals surface area contributed by atoms with Crippen molar-refractivity contribution in [3.8, 4) is 0 Å². The molecule has 0 atom stereocenters. The van der Waals surface area contributed by atoms with Crippen LogP contribution in [0, 0.1) is 6.92 Å². The van der Waals surface area contributed by atoms with Crippen LogP contribution in [-0.4, -0.2) is 6.54 Å². The van der Waals surface area contributed by atoms with E-state index < -0.39 is 0 Å². The second kappa shape index (κ2) is 13.5. The fraction of sp³-hybridized carbons (Fsp3) is 0.129. The lowest BCUT2D eigenvalue weighted by atomic mass is 10.0. The maximum absolute atomic E-state index is 3.67. The van der Waals surface area contributed by atoms with E-state index in [-0.39, 0.29) is 0 Å². The molecule has 0 unspecified atom stereocenters. The van der Waals surface area contributed by atoms with Gasteiger partial charge >= 0.3 is 0 Å². The van der Waals surface area contributed by atoms with Crippen LogP contribution < -0.4 is 5.32 Å². The molecule has 0 aliphatic carbocycles. The maximum atomic E-state index is 3.67. The molecule has 0 amide bonds. The van der Waals surface area contributed by atoms with Crippen LogP contribution in [0.3, 0.4) is 0 Å². The summed E-state index contributed by atoms with van der Waals surface area (Å²) in [4.78, 5) is 0. The highest BCUT2D eigenvalue weighted by atomic mass is 14.9. The Morgan fingerprint density at radius 3 is 2.22 bits per heavy atom. The topological polar surface area (TPSA) is 12.0 Å². The lowest BCUT2D eigenvalue weighted by Crippen LogP contribution is -2.17. The van der Waals surface area contributed by atoms with E-state index in [4.69, 9.17) is 0 Å². The van der Waals surface area contributed by atoms with Gasteiger partial charge in [-0.05, 0) is 52.5 Å². The Labute approximate surface area is 193 Å². The van der Waals surface area contributed by atoms with Crippen molar-refractivity contribution in [1.82, 2.24) is 5.32 Å². The minimum atomic E-state index is 0.867. The van der Waals surface area contributed by atoms with Crippen molar-refractivity contribution in [2.75, 3.05) is 6.54 Å². The van der Waals surface area contributed by atoms with Gasteiger partial charge in [0.15, 0.2) is 0 Å². The molecule has 1 N–H and O–H groups in total. The molecule has 0 saturated carbocycles. The molecule has 3 aromatic carbocycles. The van der Waals surface area contributed by atoms with Crippen molar-refractivity contribution in [3.63, 3.8) is 0 Å². The minimum absolute atomic E-state index is 0.867. The monoisotopic (exact) mass is 419 g/mol. The Hall–Kier alpha value is -3.80. The van der Waals surface area contributed by atoms with E-state index in [0.717, 1.165) is 13.0 Å². The number of dihydropyridines is 1. The summed E-state index contributed by atoms with van der Waals surface area (Å²) in [7, 11) is 0. The third-order valence-corrected chi connectivity index (χ3v) is 5.07. The number of rotatable bonds is 4. The highest BCUT2D eigenvalue weighted by Crippen LogP contribution is 2.18. The summed E-state index contributed by atoms with van der Waals surface area (Å²) in [6, 6.07) is 23.6. The van der Waals surface area contributed by atoms with Gasteiger partial charge in [0.2, 0.25) is 0 Å². The molecule has 0 radical (unpaired) electrons. The second-order valence-electron chi connectivity index (χ2n) is 7.37. The van der Waals surface area contributed by atoms with E-state index in [1.54, 1.807) is 6.08 Å². The van der Waals surface area contributed by atoms with Crippen molar-refractivity contribution < 1.29 is 0 Å². The predicted octanol–water partition coefficient (Wildman–Crippen LogP) is 7.97. The van der Waals surface area contributed by atoms with Crippen molar-refractivity contribution in [2.45, 2.75) is 20.3 Å². The summed E-state index contributed by atoms with van der Waals surface area (Å²) in [5, 5.41) is 6.12. The molecule has 1 heteroatoms. The van der Waals surface area contributed by atoms with Crippen LogP contribution >= 0.6 is 0 Å². The number of aryl methyl sites for hydroxylation is 2. The summed E-state index contributed by atoms with van der Waals surface area (Å²) in [6.07, 6.45) is 11.2. The molecule has 0 aromatic heterocycles. The molecule has 0 saturated heterocycles. The van der Waals surface area contributed by atoms with Crippen molar-refractivity contribution in [3.05, 3.63) is 145 Å². The number of benzene rings is 3. The molecule has 4 rings (SSSR count). The molecule has 1 aliphatic heterocycles. The van der Waals surface area contributed by atoms with Gasteiger partial charge in [0.25, 0.3) is 0 Å². The van der Waals surface area contributed by atoms with E-state index >= 15 is 0 Å². The second-order valence-corrected chi connectivity index (χ2v) is 7.37. The fourth-order valence-corrected chi connectivity index (χ4v) is 3.32. The van der Waals surface area contributed by atoms with E-state index in [1.807, 2.05) is 6.08 Å². The summed E-state index contributed by atoms with van der Waals surface area (Å²) < 4.78 is 0. The van der Waals surface area contributed by atoms with E-state index in [2.05, 4.69) is 130 Å². The van der Waals surface area contributed by atoms with Gasteiger partial charge in [-0.15, -0.1) is 5.73 Å². The van der Waals surface area contributed by atoms with Crippen LogP contribution in [0.1, 0.15) is 23.6 Å². The van der Waals surface area contributed by atoms with Gasteiger partial charge < -0.3 is 5.32 Å². The zero-order chi connectivity index (χ0) is 23.2. The van der Waals surface area contributed by atoms with E-state index in [9.17, 15) is 0 Å². The van der Waals surface area contributed by atoms with Crippen LogP contribution in [-0.2, 0) is 6.42 Å². The zero-order valence-electron chi connectivity index (χ0n) is 19.3. The van der Waals surface area contributed by atoms with Gasteiger partial charge in [0, 0.05) is 12.2 Å². The average molecular weight is 420 g/mol. The molecule has 32 heavy (non-hydrogen) atoms. The van der Waals surface area contributed by atoms with Gasteiger partial charge in [0.1, 0.15) is 0 Å². The Morgan fingerprint density at radius 2 is 1.62 bits per heavy atom. The standard InChI is InChI=1S/C17H19N.C11H10.C3H4/c1-3-5-6-15-9-12-17(18-13-15)16-10-7-14(4-2)8-11-16;1-9-5-4-7-10-6-2-3-8-11(9)10;1-3-2/h3,5-12,18H,1,4,13H2,2H3;2-8H,1H3;1-2H2/b6-5-;;. The fourth-order valence-electron chi connectivity index (χ4n) is 3.32. The summed E-state index contributed by atoms with van der Waals surface area (Å²) in [6.45, 7) is 15.1. The minimum Gasteiger partial charge on any atom is -0.380 e. The number of fused-ring (bicyclic) bond motifs is 1. The van der Waals surface area contributed by atoms with Crippen LogP contribution in [0.4, 0.5) is 0 Å². The van der Waals surface area contributed by atoms with Gasteiger partial charge in [-0.3, -0.25) is 0 Å². The Morgan fingerprint density at radius 1 is 0.938 bits per heavy atom. The first-order valence-electron chi connectivity index (χ1n) is 10.9. The van der Waals surface area contributed by atoms with Gasteiger partial charge in [-0.25, -0.2) is 0 Å². The summed E-state index contributed by atoms with van der Waals surface area (Å²) in [5.41, 5.74) is 8.68. The largest absolute Gasteiger partial charge is 0.380 e. The van der Waals surface area contributed by atoms with Gasteiger partial charge in [0.05, 0.1) is 0 Å². The Bertz CT molecular complexity index is 1130. The van der Waals surface area contributed by atoms with Gasteiger partial charge in [-0.1, -0.05) is 118 Å². The Balaban J connectivity index is 0.000000220. The number of hydrogen-bond acceptors (Lipinski definition) is 1. The normalized spacial score (nSPS) is 12.2. The highest BCUT2D eigenvalue weighted by Gasteiger charge is 2.05. The lowest BCUT2D eigenvalue weighted by molar-refractivity contribution is 0.962. The lowest BCUT2D eigenvalue weighted by Gasteiger charge is -2.16. The van der Waals surface area contributed by atoms with Gasteiger partial charge in [-0.2, -0.15) is 0 Å². The van der Waals surface area contributed by atoms with E-state index in [0.29, 0.717) is 0 Å². The molecular weight excluding hydrogens is 386 g/mol. The molecular formula is C31H33N. The average Bonchev–Trinajstić information content (AvgIpc) is 2.84. The first kappa shape index (κ1) is 24.5. The molecule has 0 bridgehead atoms. The maximum Gasteiger partial charge on any atom is 0.0416 e. The van der Waals surface area contributed by atoms with Crippen LogP contribution in [0.2, 0.25) is 0 Å². The molecule has 1 nitrogen and oxygen atoms in total. The van der Waals surface area contributed by atoms with Crippen molar-refractivity contribution in [2.24, 2.45) is 0 Å². The zero-order valence-corrected chi connectivity index (χ0v) is 19.3. The summed E-state index contributed by atoms with van der Waals surface area (Å²) in [5.74, 6) is 0. The molecule has 3 aromatic rings. The predicted molar refractivity (Wildman–Crippen MR) is 143 cm³/mol. The number of hydrogen-bond donors (Lipinski definition) is 1. The van der Waals surface area contributed by atoms with Crippen molar-refractivity contribution >= 4 is 16.5 Å². The third-order valence-electron chi connectivity index (χ3n) is 5.07. The molecule has 0 spiro atoms. The van der Waals surface area contributed by atoms with Crippen LogP contribution in [0.5, 0.6) is 0 Å². The first-order valence-corrected chi connectivity index (χ1v) is 10.9. The highest BCUT2D eigenvalue weighted by molar-refractivity contribution is 5.85. The smallest absolute Gasteiger partial charge is 0.0416 e. The molecule has 1 heterocycles. The molecule has 0 fully saturated rings. The molecule has 1 aliphatic rings. The quantitative estimate of drug-likeness (QED) is 0.334. The SMILES string of the molecule is C=C/C=C\C1=CC=C(c2ccc(CC)cc2)NC1.C=C=C.Cc1cccc2ccccc12. The van der Waals surface area contributed by atoms with Crippen molar-refractivity contribution in [1.29, 1.82) is 0 Å². The summed E-state index contributed by atoms with van der Waals surface area (Å²) >= 11 is 0. The number of allylic oxidation sites excluding steroid dienone is 4. The third kappa shape index (κ3) is 7.47. The number of nitrogens with one attached hydrogen (secondary N) is 1. The Kier molecular flexibility index (Phi) is 10.3. The van der Waals surface area contributed by atoms with Crippen LogP contribution in [0.15, 0.2) is 128 Å². The van der Waals surface area contributed by atoms with E-state index in [1.165, 1.54) is 38.7 Å².